The van der Waals surface area contributed by atoms with Gasteiger partial charge in [-0.2, -0.15) is 0 Å². The Labute approximate surface area is 174 Å². The average Bonchev–Trinajstić information content (AvgIpc) is 3.12. The number of nitrogens with zero attached hydrogens (tertiary/aromatic N) is 4. The number of hydrogen-bond donors (Lipinski definition) is 2. The van der Waals surface area contributed by atoms with Crippen LogP contribution in [0.5, 0.6) is 0 Å². The minimum Gasteiger partial charge on any atom is -0.392 e. The van der Waals surface area contributed by atoms with Crippen LogP contribution in [0.2, 0.25) is 0 Å². The molecule has 6 nitrogen and oxygen atoms in total. The number of aliphatic hydroxyl groups is 1. The van der Waals surface area contributed by atoms with Gasteiger partial charge in [0.1, 0.15) is 11.5 Å². The monoisotopic (exact) mass is 405 g/mol. The number of nitrogens with one attached hydrogen (secondary N) is 1. The summed E-state index contributed by atoms with van der Waals surface area (Å²) in [5.41, 5.74) is 4.40. The molecule has 3 aromatic heterocycles. The molecule has 30 heavy (non-hydrogen) atoms. The first-order valence-corrected chi connectivity index (χ1v) is 9.94. The number of fused-ring (bicyclic) bond motifs is 1. The molecule has 1 aromatic carbocycles. The molecule has 0 aliphatic heterocycles. The van der Waals surface area contributed by atoms with Crippen molar-refractivity contribution in [1.82, 2.24) is 19.4 Å². The third-order valence-electron chi connectivity index (χ3n) is 5.25. The van der Waals surface area contributed by atoms with Gasteiger partial charge in [-0.3, -0.25) is 4.40 Å². The van der Waals surface area contributed by atoms with Crippen molar-refractivity contribution in [2.24, 2.45) is 5.92 Å². The van der Waals surface area contributed by atoms with Crippen LogP contribution in [0, 0.1) is 11.7 Å². The molecule has 3 heterocycles. The lowest BCUT2D eigenvalue weighted by Gasteiger charge is -2.17. The van der Waals surface area contributed by atoms with Gasteiger partial charge < -0.3 is 10.4 Å². The van der Waals surface area contributed by atoms with Gasteiger partial charge in [0.05, 0.1) is 23.7 Å². The van der Waals surface area contributed by atoms with Crippen LogP contribution in [-0.4, -0.2) is 30.5 Å². The maximum Gasteiger partial charge on any atom is 0.223 e. The molecule has 0 radical (unpaired) electrons. The van der Waals surface area contributed by atoms with E-state index in [-0.39, 0.29) is 18.5 Å². The van der Waals surface area contributed by atoms with Crippen LogP contribution in [0.4, 0.5) is 10.3 Å². The molecule has 0 amide bonds. The Bertz CT molecular complexity index is 1170. The Hall–Kier alpha value is -3.32. The van der Waals surface area contributed by atoms with Crippen LogP contribution in [0.3, 0.4) is 0 Å². The third kappa shape index (κ3) is 3.89. The van der Waals surface area contributed by atoms with Gasteiger partial charge in [-0.15, -0.1) is 0 Å². The Kier molecular flexibility index (Phi) is 5.46. The first-order valence-electron chi connectivity index (χ1n) is 9.94. The van der Waals surface area contributed by atoms with Crippen molar-refractivity contribution >= 4 is 11.6 Å². The van der Waals surface area contributed by atoms with Crippen LogP contribution in [0.25, 0.3) is 28.3 Å². The number of hydrogen-bond acceptors (Lipinski definition) is 5. The van der Waals surface area contributed by atoms with E-state index in [9.17, 15) is 9.50 Å². The van der Waals surface area contributed by atoms with Gasteiger partial charge in [-0.25, -0.2) is 19.3 Å². The lowest BCUT2D eigenvalue weighted by Crippen LogP contribution is -2.22. The molecule has 0 fully saturated rings. The van der Waals surface area contributed by atoms with Crippen molar-refractivity contribution in [3.05, 3.63) is 66.2 Å². The second-order valence-corrected chi connectivity index (χ2v) is 7.68. The number of aromatic nitrogens is 4. The van der Waals surface area contributed by atoms with E-state index >= 15 is 0 Å². The quantitative estimate of drug-likeness (QED) is 0.492. The fourth-order valence-electron chi connectivity index (χ4n) is 3.17. The van der Waals surface area contributed by atoms with E-state index in [1.807, 2.05) is 28.8 Å². The second-order valence-electron chi connectivity index (χ2n) is 7.68. The molecule has 0 spiro atoms. The van der Waals surface area contributed by atoms with E-state index in [0.29, 0.717) is 28.9 Å². The van der Waals surface area contributed by atoms with Crippen molar-refractivity contribution in [3.63, 3.8) is 0 Å². The first kappa shape index (κ1) is 20.0. The largest absolute Gasteiger partial charge is 0.392 e. The number of anilines is 1. The maximum atomic E-state index is 13.5. The fourth-order valence-corrected chi connectivity index (χ4v) is 3.17. The summed E-state index contributed by atoms with van der Waals surface area (Å²) in [7, 11) is 0. The SMILES string of the molecule is CC(C)C(C)Nc1nccc(-c2c(-c3ccc(F)cc3)nc3cc(CO)ccn23)n1. The normalized spacial score (nSPS) is 12.5. The highest BCUT2D eigenvalue weighted by molar-refractivity contribution is 5.80. The van der Waals surface area contributed by atoms with Gasteiger partial charge in [-0.1, -0.05) is 13.8 Å². The second kappa shape index (κ2) is 8.20. The highest BCUT2D eigenvalue weighted by atomic mass is 19.1. The first-order chi connectivity index (χ1) is 14.5. The van der Waals surface area contributed by atoms with Gasteiger partial charge in [0.15, 0.2) is 0 Å². The molecular weight excluding hydrogens is 381 g/mol. The zero-order valence-electron chi connectivity index (χ0n) is 17.2. The topological polar surface area (TPSA) is 75.3 Å². The van der Waals surface area contributed by atoms with Gasteiger partial charge in [-0.05, 0) is 60.9 Å². The highest BCUT2D eigenvalue weighted by Gasteiger charge is 2.19. The summed E-state index contributed by atoms with van der Waals surface area (Å²) < 4.78 is 15.4. The average molecular weight is 405 g/mol. The van der Waals surface area contributed by atoms with Crippen molar-refractivity contribution in [2.75, 3.05) is 5.32 Å². The number of imidazole rings is 1. The molecule has 2 N–H and O–H groups in total. The summed E-state index contributed by atoms with van der Waals surface area (Å²) in [6.07, 6.45) is 3.58. The molecule has 154 valence electrons. The molecule has 0 aliphatic rings. The molecule has 1 atom stereocenters. The van der Waals surface area contributed by atoms with Crippen LogP contribution in [-0.2, 0) is 6.61 Å². The predicted molar refractivity (Wildman–Crippen MR) is 115 cm³/mol. The summed E-state index contributed by atoms with van der Waals surface area (Å²) in [6, 6.07) is 12.0. The lowest BCUT2D eigenvalue weighted by atomic mass is 10.1. The molecule has 0 aliphatic carbocycles. The fraction of sp³-hybridized carbons (Fsp3) is 0.261. The van der Waals surface area contributed by atoms with Gasteiger partial charge in [0, 0.05) is 24.0 Å². The Morgan fingerprint density at radius 1 is 1.07 bits per heavy atom. The van der Waals surface area contributed by atoms with Gasteiger partial charge >= 0.3 is 0 Å². The molecule has 7 heteroatoms. The smallest absolute Gasteiger partial charge is 0.223 e. The summed E-state index contributed by atoms with van der Waals surface area (Å²) in [6.45, 7) is 6.29. The molecule has 1 unspecified atom stereocenters. The van der Waals surface area contributed by atoms with Gasteiger partial charge in [0.25, 0.3) is 0 Å². The third-order valence-corrected chi connectivity index (χ3v) is 5.25. The number of aliphatic hydroxyl groups excluding tert-OH is 1. The number of rotatable bonds is 6. The Morgan fingerprint density at radius 2 is 1.83 bits per heavy atom. The minimum atomic E-state index is -0.303. The molecule has 0 saturated carbocycles. The van der Waals surface area contributed by atoms with Gasteiger partial charge in [0.2, 0.25) is 5.95 Å². The predicted octanol–water partition coefficient (Wildman–Crippen LogP) is 4.55. The van der Waals surface area contributed by atoms with E-state index in [2.05, 4.69) is 31.1 Å². The Morgan fingerprint density at radius 3 is 2.53 bits per heavy atom. The van der Waals surface area contributed by atoms with E-state index in [1.54, 1.807) is 18.3 Å². The zero-order valence-corrected chi connectivity index (χ0v) is 17.2. The highest BCUT2D eigenvalue weighted by Crippen LogP contribution is 2.32. The van der Waals surface area contributed by atoms with Crippen LogP contribution in [0.1, 0.15) is 26.3 Å². The maximum absolute atomic E-state index is 13.5. The molecule has 0 saturated heterocycles. The van der Waals surface area contributed by atoms with Crippen molar-refractivity contribution in [2.45, 2.75) is 33.4 Å². The van der Waals surface area contributed by atoms with Crippen LogP contribution in [0.15, 0.2) is 54.9 Å². The molecule has 4 rings (SSSR count). The van der Waals surface area contributed by atoms with Crippen molar-refractivity contribution < 1.29 is 9.50 Å². The molecule has 4 aromatic rings. The molecular formula is C23H24FN5O. The van der Waals surface area contributed by atoms with Crippen molar-refractivity contribution in [1.29, 1.82) is 0 Å². The lowest BCUT2D eigenvalue weighted by molar-refractivity contribution is 0.282. The van der Waals surface area contributed by atoms with E-state index in [0.717, 1.165) is 16.8 Å². The summed E-state index contributed by atoms with van der Waals surface area (Å²) >= 11 is 0. The standard InChI is InChI=1S/C23H24FN5O/c1-14(2)15(3)26-23-25-10-8-19(27-23)22-21(17-4-6-18(24)7-5-17)28-20-12-16(13-30)9-11-29(20)22/h4-12,14-15,30H,13H2,1-3H3,(H,25,26,27). The van der Waals surface area contributed by atoms with Crippen LogP contribution >= 0.6 is 0 Å². The number of benzene rings is 1. The van der Waals surface area contributed by atoms with E-state index in [1.165, 1.54) is 12.1 Å². The molecule has 0 bridgehead atoms. The zero-order chi connectivity index (χ0) is 21.3. The summed E-state index contributed by atoms with van der Waals surface area (Å²) in [4.78, 5) is 13.9. The summed E-state index contributed by atoms with van der Waals surface area (Å²) in [5, 5.41) is 12.8. The Balaban J connectivity index is 1.88. The van der Waals surface area contributed by atoms with E-state index in [4.69, 9.17) is 9.97 Å². The number of pyridine rings is 1. The number of halogens is 1. The van der Waals surface area contributed by atoms with E-state index < -0.39 is 0 Å². The summed E-state index contributed by atoms with van der Waals surface area (Å²) in [5.74, 6) is 0.670. The minimum absolute atomic E-state index is 0.0702. The van der Waals surface area contributed by atoms with Crippen molar-refractivity contribution in [3.8, 4) is 22.6 Å². The van der Waals surface area contributed by atoms with Crippen LogP contribution < -0.4 is 5.32 Å².